The van der Waals surface area contributed by atoms with Crippen LogP contribution in [0.4, 0.5) is 0 Å². The van der Waals surface area contributed by atoms with Crippen molar-refractivity contribution >= 4 is 5.97 Å². The van der Waals surface area contributed by atoms with Crippen molar-refractivity contribution in [2.75, 3.05) is 6.61 Å². The lowest BCUT2D eigenvalue weighted by Crippen LogP contribution is -2.01. The van der Waals surface area contributed by atoms with Gasteiger partial charge in [-0.25, -0.2) is 4.79 Å². The first kappa shape index (κ1) is 9.95. The summed E-state index contributed by atoms with van der Waals surface area (Å²) in [6.07, 6.45) is 6.43. The van der Waals surface area contributed by atoms with Gasteiger partial charge >= 0.3 is 5.97 Å². The van der Waals surface area contributed by atoms with Crippen molar-refractivity contribution in [2.45, 2.75) is 19.8 Å². The van der Waals surface area contributed by atoms with E-state index in [4.69, 9.17) is 4.74 Å². The van der Waals surface area contributed by atoms with Crippen LogP contribution < -0.4 is 0 Å². The Bertz CT molecular complexity index is 148. The zero-order valence-corrected chi connectivity index (χ0v) is 6.88. The van der Waals surface area contributed by atoms with E-state index in [9.17, 15) is 4.79 Å². The molecule has 0 radical (unpaired) electrons. The molecule has 0 fully saturated rings. The maximum atomic E-state index is 10.7. The molecule has 2 nitrogen and oxygen atoms in total. The van der Waals surface area contributed by atoms with Crippen LogP contribution in [0.5, 0.6) is 0 Å². The normalized spacial score (nSPS) is 9.91. The predicted molar refractivity (Wildman–Crippen MR) is 45.2 cm³/mol. The number of allylic oxidation sites excluding steroid dienone is 2. The minimum atomic E-state index is -0.293. The highest BCUT2D eigenvalue weighted by atomic mass is 16.5. The van der Waals surface area contributed by atoms with E-state index in [0.29, 0.717) is 6.61 Å². The first-order valence-corrected chi connectivity index (χ1v) is 3.77. The molecule has 0 bridgehead atoms. The Labute approximate surface area is 67.6 Å². The molecule has 2 heteroatoms. The molecule has 11 heavy (non-hydrogen) atoms. The summed E-state index contributed by atoms with van der Waals surface area (Å²) in [6.45, 7) is 5.99. The van der Waals surface area contributed by atoms with Crippen LogP contribution >= 0.6 is 0 Å². The number of carbonyl (C=O) groups is 1. The topological polar surface area (TPSA) is 26.3 Å². The molecule has 0 aromatic heterocycles. The van der Waals surface area contributed by atoms with Gasteiger partial charge < -0.3 is 4.74 Å². The Hall–Kier alpha value is -1.05. The lowest BCUT2D eigenvalue weighted by atomic mass is 10.4. The van der Waals surface area contributed by atoms with Gasteiger partial charge in [0.25, 0.3) is 0 Å². The summed E-state index contributed by atoms with van der Waals surface area (Å²) in [5.74, 6) is -0.293. The van der Waals surface area contributed by atoms with Gasteiger partial charge in [0.1, 0.15) is 0 Å². The van der Waals surface area contributed by atoms with Gasteiger partial charge in [0.15, 0.2) is 0 Å². The Morgan fingerprint density at radius 2 is 2.36 bits per heavy atom. The third kappa shape index (κ3) is 6.84. The van der Waals surface area contributed by atoms with Crippen LogP contribution in [0.25, 0.3) is 0 Å². The first-order valence-electron chi connectivity index (χ1n) is 3.77. The molecule has 0 saturated heterocycles. The van der Waals surface area contributed by atoms with E-state index in [2.05, 4.69) is 6.58 Å². The van der Waals surface area contributed by atoms with Crippen LogP contribution in [-0.2, 0) is 9.53 Å². The molecule has 0 aliphatic rings. The Balaban J connectivity index is 3.37. The van der Waals surface area contributed by atoms with E-state index in [1.54, 1.807) is 12.2 Å². The molecule has 0 aliphatic heterocycles. The number of carbonyl (C=O) groups excluding carboxylic acids is 1. The third-order valence-corrected chi connectivity index (χ3v) is 1.11. The second-order valence-electron chi connectivity index (χ2n) is 2.12. The second-order valence-corrected chi connectivity index (χ2v) is 2.12. The Morgan fingerprint density at radius 3 is 2.91 bits per heavy atom. The van der Waals surface area contributed by atoms with E-state index in [0.717, 1.165) is 12.8 Å². The number of hydrogen-bond acceptors (Lipinski definition) is 2. The van der Waals surface area contributed by atoms with E-state index in [1.807, 2.05) is 6.92 Å². The molecule has 0 aromatic rings. The molecule has 62 valence electrons. The Kier molecular flexibility index (Phi) is 6.39. The second kappa shape index (κ2) is 7.06. The SMILES string of the molecule is C=C/C=C/C(=O)OCCCC. The summed E-state index contributed by atoms with van der Waals surface area (Å²) in [6, 6.07) is 0. The molecule has 0 saturated carbocycles. The summed E-state index contributed by atoms with van der Waals surface area (Å²) in [5.41, 5.74) is 0. The summed E-state index contributed by atoms with van der Waals surface area (Å²) in [7, 11) is 0. The van der Waals surface area contributed by atoms with Crippen LogP contribution in [0.1, 0.15) is 19.8 Å². The van der Waals surface area contributed by atoms with Crippen LogP contribution in [0.3, 0.4) is 0 Å². The smallest absolute Gasteiger partial charge is 0.330 e. The molecule has 0 N–H and O–H groups in total. The fourth-order valence-corrected chi connectivity index (χ4v) is 0.512. The zero-order chi connectivity index (χ0) is 8.53. The van der Waals surface area contributed by atoms with E-state index in [-0.39, 0.29) is 5.97 Å². The van der Waals surface area contributed by atoms with Gasteiger partial charge in [-0.05, 0) is 6.42 Å². The summed E-state index contributed by atoms with van der Waals surface area (Å²) < 4.78 is 4.81. The van der Waals surface area contributed by atoms with Crippen molar-refractivity contribution in [3.8, 4) is 0 Å². The molecule has 0 aromatic carbocycles. The Morgan fingerprint density at radius 1 is 1.64 bits per heavy atom. The highest BCUT2D eigenvalue weighted by molar-refractivity contribution is 5.82. The van der Waals surface area contributed by atoms with E-state index < -0.39 is 0 Å². The fourth-order valence-electron chi connectivity index (χ4n) is 0.512. The molecule has 0 heterocycles. The van der Waals surface area contributed by atoms with E-state index >= 15 is 0 Å². The monoisotopic (exact) mass is 154 g/mol. The lowest BCUT2D eigenvalue weighted by molar-refractivity contribution is -0.137. The maximum Gasteiger partial charge on any atom is 0.330 e. The maximum absolute atomic E-state index is 10.7. The van der Waals surface area contributed by atoms with E-state index in [1.165, 1.54) is 6.08 Å². The molecular formula is C9H14O2. The molecule has 0 spiro atoms. The number of unbranched alkanes of at least 4 members (excludes halogenated alkanes) is 1. The quantitative estimate of drug-likeness (QED) is 0.262. The van der Waals surface area contributed by atoms with Crippen molar-refractivity contribution in [1.29, 1.82) is 0 Å². The van der Waals surface area contributed by atoms with Gasteiger partial charge in [0, 0.05) is 6.08 Å². The highest BCUT2D eigenvalue weighted by Gasteiger charge is 1.92. The van der Waals surface area contributed by atoms with Gasteiger partial charge in [-0.15, -0.1) is 0 Å². The number of hydrogen-bond donors (Lipinski definition) is 0. The highest BCUT2D eigenvalue weighted by Crippen LogP contribution is 1.89. The van der Waals surface area contributed by atoms with Crippen molar-refractivity contribution in [3.63, 3.8) is 0 Å². The van der Waals surface area contributed by atoms with Crippen LogP contribution in [0.15, 0.2) is 24.8 Å². The average Bonchev–Trinajstić information content (AvgIpc) is 2.01. The third-order valence-electron chi connectivity index (χ3n) is 1.11. The standard InChI is InChI=1S/C9H14O2/c1-3-5-7-9(10)11-8-6-4-2/h3,5,7H,1,4,6,8H2,2H3/b7-5+. The van der Waals surface area contributed by atoms with Gasteiger partial charge in [0.2, 0.25) is 0 Å². The van der Waals surface area contributed by atoms with Gasteiger partial charge in [0.05, 0.1) is 6.61 Å². The summed E-state index contributed by atoms with van der Waals surface area (Å²) >= 11 is 0. The largest absolute Gasteiger partial charge is 0.463 e. The number of ether oxygens (including phenoxy) is 1. The number of esters is 1. The minimum Gasteiger partial charge on any atom is -0.463 e. The van der Waals surface area contributed by atoms with Crippen LogP contribution in [0.2, 0.25) is 0 Å². The first-order chi connectivity index (χ1) is 5.31. The zero-order valence-electron chi connectivity index (χ0n) is 6.88. The summed E-state index contributed by atoms with van der Waals surface area (Å²) in [5, 5.41) is 0. The van der Waals surface area contributed by atoms with Gasteiger partial charge in [-0.3, -0.25) is 0 Å². The number of rotatable bonds is 5. The van der Waals surface area contributed by atoms with Gasteiger partial charge in [-0.1, -0.05) is 32.1 Å². The van der Waals surface area contributed by atoms with Crippen LogP contribution in [0, 0.1) is 0 Å². The summed E-state index contributed by atoms with van der Waals surface area (Å²) in [4.78, 5) is 10.7. The van der Waals surface area contributed by atoms with Crippen molar-refractivity contribution in [1.82, 2.24) is 0 Å². The van der Waals surface area contributed by atoms with Crippen LogP contribution in [-0.4, -0.2) is 12.6 Å². The molecule has 0 unspecified atom stereocenters. The molecule has 0 rings (SSSR count). The lowest BCUT2D eigenvalue weighted by Gasteiger charge is -1.97. The van der Waals surface area contributed by atoms with Crippen molar-refractivity contribution in [2.24, 2.45) is 0 Å². The van der Waals surface area contributed by atoms with Gasteiger partial charge in [-0.2, -0.15) is 0 Å². The molecule has 0 aliphatic carbocycles. The minimum absolute atomic E-state index is 0.293. The predicted octanol–water partition coefficient (Wildman–Crippen LogP) is 2.07. The fraction of sp³-hybridized carbons (Fsp3) is 0.444. The van der Waals surface area contributed by atoms with Crippen molar-refractivity contribution in [3.05, 3.63) is 24.8 Å². The molecule has 0 amide bonds. The average molecular weight is 154 g/mol. The van der Waals surface area contributed by atoms with Crippen molar-refractivity contribution < 1.29 is 9.53 Å². The molecule has 0 atom stereocenters. The molecular weight excluding hydrogens is 140 g/mol.